The molecule has 0 atom stereocenters. The standard InChI is InChI=1S/C16H22/c1-7-11-15(3,4)13-9-10-14-16(5,6)12-8-2/h7-8H,1-2,11-12H2,3-6H3. The van der Waals surface area contributed by atoms with Gasteiger partial charge in [0.1, 0.15) is 0 Å². The molecule has 0 aromatic carbocycles. The van der Waals surface area contributed by atoms with Gasteiger partial charge < -0.3 is 0 Å². The second-order valence-corrected chi connectivity index (χ2v) is 5.25. The van der Waals surface area contributed by atoms with Crippen LogP contribution in [0.3, 0.4) is 0 Å². The lowest BCUT2D eigenvalue weighted by molar-refractivity contribution is 0.512. The monoisotopic (exact) mass is 214 g/mol. The Morgan fingerprint density at radius 2 is 1.12 bits per heavy atom. The zero-order valence-electron chi connectivity index (χ0n) is 11.0. The molecule has 0 bridgehead atoms. The van der Waals surface area contributed by atoms with Crippen molar-refractivity contribution in [1.29, 1.82) is 0 Å². The molecular formula is C16H22. The minimum Gasteiger partial charge on any atom is -0.103 e. The average molecular weight is 214 g/mol. The SMILES string of the molecule is C=CCC(C)(C)C#CC#CC(C)(C)CC=C. The molecule has 0 aliphatic rings. The van der Waals surface area contributed by atoms with Crippen LogP contribution >= 0.6 is 0 Å². The fourth-order valence-electron chi connectivity index (χ4n) is 1.22. The smallest absolute Gasteiger partial charge is 0.0302 e. The lowest BCUT2D eigenvalue weighted by atomic mass is 9.89. The van der Waals surface area contributed by atoms with E-state index in [-0.39, 0.29) is 10.8 Å². The first-order chi connectivity index (χ1) is 7.33. The highest BCUT2D eigenvalue weighted by Crippen LogP contribution is 2.19. The van der Waals surface area contributed by atoms with Crippen LogP contribution in [-0.4, -0.2) is 0 Å². The molecule has 0 rings (SSSR count). The van der Waals surface area contributed by atoms with E-state index in [0.717, 1.165) is 12.8 Å². The van der Waals surface area contributed by atoms with Crippen molar-refractivity contribution < 1.29 is 0 Å². The molecule has 0 heteroatoms. The summed E-state index contributed by atoms with van der Waals surface area (Å²) in [5, 5.41) is 0. The third-order valence-electron chi connectivity index (χ3n) is 2.17. The van der Waals surface area contributed by atoms with Crippen LogP contribution < -0.4 is 0 Å². The Bertz CT molecular complexity index is 320. The topological polar surface area (TPSA) is 0 Å². The summed E-state index contributed by atoms with van der Waals surface area (Å²) in [6.45, 7) is 15.8. The van der Waals surface area contributed by atoms with Crippen molar-refractivity contribution in [2.75, 3.05) is 0 Å². The maximum atomic E-state index is 3.72. The van der Waals surface area contributed by atoms with Gasteiger partial charge in [0.2, 0.25) is 0 Å². The molecule has 0 radical (unpaired) electrons. The van der Waals surface area contributed by atoms with Crippen LogP contribution in [-0.2, 0) is 0 Å². The van der Waals surface area contributed by atoms with Gasteiger partial charge in [0, 0.05) is 10.8 Å². The van der Waals surface area contributed by atoms with Gasteiger partial charge >= 0.3 is 0 Å². The van der Waals surface area contributed by atoms with E-state index in [1.807, 2.05) is 12.2 Å². The molecule has 86 valence electrons. The number of hydrogen-bond donors (Lipinski definition) is 0. The second-order valence-electron chi connectivity index (χ2n) is 5.25. The van der Waals surface area contributed by atoms with Crippen LogP contribution in [0.1, 0.15) is 40.5 Å². The Balaban J connectivity index is 4.56. The predicted octanol–water partition coefficient (Wildman–Crippen LogP) is 4.20. The van der Waals surface area contributed by atoms with Crippen molar-refractivity contribution in [2.45, 2.75) is 40.5 Å². The van der Waals surface area contributed by atoms with Crippen LogP contribution in [0, 0.1) is 34.5 Å². The largest absolute Gasteiger partial charge is 0.103 e. The first-order valence-electron chi connectivity index (χ1n) is 5.59. The van der Waals surface area contributed by atoms with Gasteiger partial charge in [-0.2, -0.15) is 0 Å². The van der Waals surface area contributed by atoms with Gasteiger partial charge in [-0.3, -0.25) is 0 Å². The van der Waals surface area contributed by atoms with Gasteiger partial charge in [-0.05, 0) is 52.4 Å². The first kappa shape index (κ1) is 14.6. The summed E-state index contributed by atoms with van der Waals surface area (Å²) >= 11 is 0. The van der Waals surface area contributed by atoms with Gasteiger partial charge in [-0.25, -0.2) is 0 Å². The third kappa shape index (κ3) is 6.97. The van der Waals surface area contributed by atoms with E-state index in [2.05, 4.69) is 64.5 Å². The summed E-state index contributed by atoms with van der Waals surface area (Å²) in [6.07, 6.45) is 5.56. The molecule has 0 aliphatic carbocycles. The number of hydrogen-bond acceptors (Lipinski definition) is 0. The molecule has 0 N–H and O–H groups in total. The van der Waals surface area contributed by atoms with E-state index >= 15 is 0 Å². The van der Waals surface area contributed by atoms with Crippen molar-refractivity contribution in [3.8, 4) is 23.7 Å². The third-order valence-corrected chi connectivity index (χ3v) is 2.17. The second kappa shape index (κ2) is 6.24. The fourth-order valence-corrected chi connectivity index (χ4v) is 1.22. The number of allylic oxidation sites excluding steroid dienone is 2. The van der Waals surface area contributed by atoms with E-state index in [1.165, 1.54) is 0 Å². The molecule has 0 saturated carbocycles. The Morgan fingerprint density at radius 3 is 1.38 bits per heavy atom. The van der Waals surface area contributed by atoms with Crippen LogP contribution in [0.2, 0.25) is 0 Å². The lowest BCUT2D eigenvalue weighted by Gasteiger charge is -2.14. The maximum absolute atomic E-state index is 3.72. The summed E-state index contributed by atoms with van der Waals surface area (Å²) in [6, 6.07) is 0. The highest BCUT2D eigenvalue weighted by Gasteiger charge is 2.12. The van der Waals surface area contributed by atoms with Crippen molar-refractivity contribution in [1.82, 2.24) is 0 Å². The van der Waals surface area contributed by atoms with Gasteiger partial charge in [0.25, 0.3) is 0 Å². The van der Waals surface area contributed by atoms with E-state index in [4.69, 9.17) is 0 Å². The zero-order valence-corrected chi connectivity index (χ0v) is 11.0. The van der Waals surface area contributed by atoms with Crippen LogP contribution in [0.15, 0.2) is 25.3 Å². The molecule has 0 heterocycles. The quantitative estimate of drug-likeness (QED) is 0.486. The van der Waals surface area contributed by atoms with Crippen molar-refractivity contribution in [3.63, 3.8) is 0 Å². The Labute approximate surface area is 101 Å². The molecule has 0 nitrogen and oxygen atoms in total. The molecule has 16 heavy (non-hydrogen) atoms. The Morgan fingerprint density at radius 1 is 0.812 bits per heavy atom. The van der Waals surface area contributed by atoms with Gasteiger partial charge in [-0.15, -0.1) is 13.2 Å². The van der Waals surface area contributed by atoms with E-state index in [9.17, 15) is 0 Å². The summed E-state index contributed by atoms with van der Waals surface area (Å²) in [7, 11) is 0. The average Bonchev–Trinajstić information content (AvgIpc) is 2.12. The molecule has 0 aliphatic heterocycles. The predicted molar refractivity (Wildman–Crippen MR) is 72.7 cm³/mol. The molecule has 0 fully saturated rings. The highest BCUT2D eigenvalue weighted by molar-refractivity contribution is 5.30. The minimum absolute atomic E-state index is 0.0288. The normalized spacial score (nSPS) is 10.5. The zero-order chi connectivity index (χ0) is 12.7. The number of rotatable bonds is 4. The summed E-state index contributed by atoms with van der Waals surface area (Å²) < 4.78 is 0. The van der Waals surface area contributed by atoms with E-state index < -0.39 is 0 Å². The van der Waals surface area contributed by atoms with Crippen LogP contribution in [0.25, 0.3) is 0 Å². The lowest BCUT2D eigenvalue weighted by Crippen LogP contribution is -2.06. The molecule has 0 spiro atoms. The fraction of sp³-hybridized carbons (Fsp3) is 0.500. The van der Waals surface area contributed by atoms with Gasteiger partial charge in [0.15, 0.2) is 0 Å². The summed E-state index contributed by atoms with van der Waals surface area (Å²) in [5.41, 5.74) is -0.0575. The molecule has 0 saturated heterocycles. The molecule has 0 unspecified atom stereocenters. The van der Waals surface area contributed by atoms with Crippen molar-refractivity contribution >= 4 is 0 Å². The van der Waals surface area contributed by atoms with Gasteiger partial charge in [0.05, 0.1) is 0 Å². The van der Waals surface area contributed by atoms with Crippen molar-refractivity contribution in [3.05, 3.63) is 25.3 Å². The first-order valence-corrected chi connectivity index (χ1v) is 5.59. The van der Waals surface area contributed by atoms with Crippen LogP contribution in [0.5, 0.6) is 0 Å². The van der Waals surface area contributed by atoms with E-state index in [1.54, 1.807) is 0 Å². The van der Waals surface area contributed by atoms with Crippen molar-refractivity contribution in [2.24, 2.45) is 10.8 Å². The molecule has 0 amide bonds. The summed E-state index contributed by atoms with van der Waals surface area (Å²) in [4.78, 5) is 0. The summed E-state index contributed by atoms with van der Waals surface area (Å²) in [5.74, 6) is 12.2. The maximum Gasteiger partial charge on any atom is 0.0302 e. The highest BCUT2D eigenvalue weighted by atomic mass is 14.1. The minimum atomic E-state index is -0.0288. The van der Waals surface area contributed by atoms with Gasteiger partial charge in [-0.1, -0.05) is 24.0 Å². The molecule has 0 aromatic rings. The van der Waals surface area contributed by atoms with E-state index in [0.29, 0.717) is 0 Å². The molecule has 0 aromatic heterocycles. The Hall–Kier alpha value is -1.40. The molecular weight excluding hydrogens is 192 g/mol. The Kier molecular flexibility index (Phi) is 5.69. The van der Waals surface area contributed by atoms with Crippen LogP contribution in [0.4, 0.5) is 0 Å².